The van der Waals surface area contributed by atoms with Gasteiger partial charge in [0.25, 0.3) is 0 Å². The van der Waals surface area contributed by atoms with Gasteiger partial charge in [-0.1, -0.05) is 36.3 Å². The van der Waals surface area contributed by atoms with E-state index in [0.717, 1.165) is 35.9 Å². The molecule has 3 amide bonds. The van der Waals surface area contributed by atoms with Crippen LogP contribution in [0.25, 0.3) is 10.2 Å². The second-order valence-electron chi connectivity index (χ2n) is 6.61. The van der Waals surface area contributed by atoms with Crippen molar-refractivity contribution in [2.75, 3.05) is 11.9 Å². The maximum Gasteiger partial charge on any atom is 0.233 e. The highest BCUT2D eigenvalue weighted by atomic mass is 32.1. The number of carbonyl (C=O) groups excluding carboxylic acids is 3. The predicted molar refractivity (Wildman–Crippen MR) is 95.0 cm³/mol. The van der Waals surface area contributed by atoms with Crippen LogP contribution in [0.2, 0.25) is 0 Å². The first-order valence-corrected chi connectivity index (χ1v) is 9.46. The van der Waals surface area contributed by atoms with E-state index in [0.29, 0.717) is 5.13 Å². The molecule has 2 atom stereocenters. The average Bonchev–Trinajstić information content (AvgIpc) is 3.13. The monoisotopic (exact) mass is 357 g/mol. The molecule has 1 aliphatic carbocycles. The van der Waals surface area contributed by atoms with E-state index in [9.17, 15) is 14.4 Å². The number of hydrogen-bond donors (Lipinski definition) is 1. The molecule has 0 bridgehead atoms. The van der Waals surface area contributed by atoms with Gasteiger partial charge in [-0.25, -0.2) is 4.98 Å². The zero-order valence-electron chi connectivity index (χ0n) is 13.7. The van der Waals surface area contributed by atoms with Crippen molar-refractivity contribution in [1.82, 2.24) is 9.88 Å². The number of imide groups is 1. The number of rotatable bonds is 4. The zero-order valence-corrected chi connectivity index (χ0v) is 14.6. The van der Waals surface area contributed by atoms with E-state index in [2.05, 4.69) is 10.3 Å². The fourth-order valence-electron chi connectivity index (χ4n) is 3.77. The number of thiazole rings is 1. The second kappa shape index (κ2) is 6.55. The van der Waals surface area contributed by atoms with Gasteiger partial charge in [0.1, 0.15) is 0 Å². The van der Waals surface area contributed by atoms with Crippen LogP contribution in [-0.4, -0.2) is 34.2 Å². The Balaban J connectivity index is 1.37. The van der Waals surface area contributed by atoms with E-state index in [-0.39, 0.29) is 42.5 Å². The molecular weight excluding hydrogens is 338 g/mol. The van der Waals surface area contributed by atoms with Crippen LogP contribution in [0.15, 0.2) is 24.3 Å². The Hall–Kier alpha value is -2.28. The lowest BCUT2D eigenvalue weighted by molar-refractivity contribution is -0.140. The van der Waals surface area contributed by atoms with E-state index < -0.39 is 0 Å². The summed E-state index contributed by atoms with van der Waals surface area (Å²) in [5.74, 6) is -0.735. The highest BCUT2D eigenvalue weighted by molar-refractivity contribution is 7.22. The number of likely N-dealkylation sites (tertiary alicyclic amines) is 1. The Morgan fingerprint density at radius 2 is 1.84 bits per heavy atom. The number of anilines is 1. The van der Waals surface area contributed by atoms with Crippen LogP contribution in [0.1, 0.15) is 32.1 Å². The van der Waals surface area contributed by atoms with Crippen molar-refractivity contribution in [3.63, 3.8) is 0 Å². The number of benzene rings is 1. The molecule has 2 aromatic rings. The number of hydrogen-bond acceptors (Lipinski definition) is 5. The molecule has 0 radical (unpaired) electrons. The van der Waals surface area contributed by atoms with E-state index in [1.807, 2.05) is 24.3 Å². The normalized spacial score (nSPS) is 23.1. The van der Waals surface area contributed by atoms with Gasteiger partial charge in [0, 0.05) is 13.0 Å². The molecule has 6 nitrogen and oxygen atoms in total. The SMILES string of the molecule is O=C(CCN1C(=O)[C@H]2CCCC[C@H]2C1=O)Nc1nc2ccccc2s1. The summed E-state index contributed by atoms with van der Waals surface area (Å²) < 4.78 is 1.01. The van der Waals surface area contributed by atoms with Crippen LogP contribution in [0, 0.1) is 11.8 Å². The second-order valence-corrected chi connectivity index (χ2v) is 7.64. The van der Waals surface area contributed by atoms with Crippen molar-refractivity contribution in [2.45, 2.75) is 32.1 Å². The molecule has 7 heteroatoms. The lowest BCUT2D eigenvalue weighted by Crippen LogP contribution is -2.34. The Morgan fingerprint density at radius 1 is 1.16 bits per heavy atom. The molecule has 2 heterocycles. The third kappa shape index (κ3) is 3.04. The molecule has 1 aromatic heterocycles. The molecule has 130 valence electrons. The first-order chi connectivity index (χ1) is 12.1. The summed E-state index contributed by atoms with van der Waals surface area (Å²) in [6.45, 7) is 0.154. The maximum atomic E-state index is 12.4. The fourth-order valence-corrected chi connectivity index (χ4v) is 4.65. The molecule has 0 unspecified atom stereocenters. The van der Waals surface area contributed by atoms with Gasteiger partial charge in [-0.05, 0) is 25.0 Å². The third-order valence-electron chi connectivity index (χ3n) is 5.04. The minimum atomic E-state index is -0.227. The number of amides is 3. The summed E-state index contributed by atoms with van der Waals surface area (Å²) in [5.41, 5.74) is 0.844. The Morgan fingerprint density at radius 3 is 2.52 bits per heavy atom. The van der Waals surface area contributed by atoms with Gasteiger partial charge in [0.2, 0.25) is 17.7 Å². The first kappa shape index (κ1) is 16.2. The molecule has 0 spiro atoms. The Bertz CT molecular complexity index is 790. The van der Waals surface area contributed by atoms with Gasteiger partial charge in [-0.2, -0.15) is 0 Å². The number of carbonyl (C=O) groups is 3. The lowest BCUT2D eigenvalue weighted by Gasteiger charge is -2.19. The van der Waals surface area contributed by atoms with E-state index in [4.69, 9.17) is 0 Å². The maximum absolute atomic E-state index is 12.4. The molecule has 1 aliphatic heterocycles. The average molecular weight is 357 g/mol. The third-order valence-corrected chi connectivity index (χ3v) is 5.99. The largest absolute Gasteiger partial charge is 0.302 e. The minimum absolute atomic E-state index is 0.0949. The Labute approximate surface area is 149 Å². The van der Waals surface area contributed by atoms with Crippen LogP contribution in [0.5, 0.6) is 0 Å². The van der Waals surface area contributed by atoms with Gasteiger partial charge in [-0.3, -0.25) is 19.3 Å². The molecule has 1 saturated heterocycles. The number of nitrogens with one attached hydrogen (secondary N) is 1. The standard InChI is InChI=1S/C18H19N3O3S/c22-15(20-18-19-13-7-3-4-8-14(13)25-18)9-10-21-16(23)11-5-1-2-6-12(11)17(21)24/h3-4,7-8,11-12H,1-2,5-6,9-10H2,(H,19,20,22)/t11-,12+. The quantitative estimate of drug-likeness (QED) is 0.854. The molecular formula is C18H19N3O3S. The van der Waals surface area contributed by atoms with Crippen molar-refractivity contribution < 1.29 is 14.4 Å². The van der Waals surface area contributed by atoms with Gasteiger partial charge >= 0.3 is 0 Å². The van der Waals surface area contributed by atoms with Crippen LogP contribution < -0.4 is 5.32 Å². The number of fused-ring (bicyclic) bond motifs is 2. The van der Waals surface area contributed by atoms with Crippen molar-refractivity contribution >= 4 is 44.4 Å². The molecule has 4 rings (SSSR count). The molecule has 1 aromatic carbocycles. The Kier molecular flexibility index (Phi) is 4.25. The van der Waals surface area contributed by atoms with Crippen molar-refractivity contribution in [2.24, 2.45) is 11.8 Å². The van der Waals surface area contributed by atoms with Crippen LogP contribution in [0.3, 0.4) is 0 Å². The van der Waals surface area contributed by atoms with Gasteiger partial charge < -0.3 is 5.32 Å². The highest BCUT2D eigenvalue weighted by Gasteiger charge is 2.47. The van der Waals surface area contributed by atoms with Gasteiger partial charge in [0.05, 0.1) is 22.1 Å². The number of aromatic nitrogens is 1. The van der Waals surface area contributed by atoms with Crippen LogP contribution >= 0.6 is 11.3 Å². The lowest BCUT2D eigenvalue weighted by atomic mass is 9.81. The molecule has 1 saturated carbocycles. The van der Waals surface area contributed by atoms with Crippen LogP contribution in [0.4, 0.5) is 5.13 Å². The summed E-state index contributed by atoms with van der Waals surface area (Å²) in [6, 6.07) is 7.67. The predicted octanol–water partition coefficient (Wildman–Crippen LogP) is 2.80. The molecule has 2 aliphatic rings. The van der Waals surface area contributed by atoms with Gasteiger partial charge in [0.15, 0.2) is 5.13 Å². The zero-order chi connectivity index (χ0) is 17.4. The summed E-state index contributed by atoms with van der Waals surface area (Å²) in [4.78, 5) is 42.6. The summed E-state index contributed by atoms with van der Waals surface area (Å²) in [6.07, 6.45) is 3.71. The van der Waals surface area contributed by atoms with Crippen molar-refractivity contribution in [3.8, 4) is 0 Å². The summed E-state index contributed by atoms with van der Waals surface area (Å²) in [5, 5.41) is 3.31. The van der Waals surface area contributed by atoms with E-state index in [1.54, 1.807) is 0 Å². The molecule has 25 heavy (non-hydrogen) atoms. The summed E-state index contributed by atoms with van der Waals surface area (Å²) in [7, 11) is 0. The van der Waals surface area contributed by atoms with Crippen LogP contribution in [-0.2, 0) is 14.4 Å². The summed E-state index contributed by atoms with van der Waals surface area (Å²) >= 11 is 1.41. The topological polar surface area (TPSA) is 79.4 Å². The number of para-hydroxylation sites is 1. The van der Waals surface area contributed by atoms with E-state index >= 15 is 0 Å². The fraction of sp³-hybridized carbons (Fsp3) is 0.444. The van der Waals surface area contributed by atoms with Crippen molar-refractivity contribution in [1.29, 1.82) is 0 Å². The van der Waals surface area contributed by atoms with Crippen molar-refractivity contribution in [3.05, 3.63) is 24.3 Å². The number of nitrogens with zero attached hydrogens (tertiary/aromatic N) is 2. The molecule has 1 N–H and O–H groups in total. The smallest absolute Gasteiger partial charge is 0.233 e. The highest BCUT2D eigenvalue weighted by Crippen LogP contribution is 2.38. The molecule has 2 fully saturated rings. The first-order valence-electron chi connectivity index (χ1n) is 8.64. The van der Waals surface area contributed by atoms with Gasteiger partial charge in [-0.15, -0.1) is 0 Å². The minimum Gasteiger partial charge on any atom is -0.302 e. The van der Waals surface area contributed by atoms with E-state index in [1.165, 1.54) is 16.2 Å².